The summed E-state index contributed by atoms with van der Waals surface area (Å²) in [6.45, 7) is 4.11. The van der Waals surface area contributed by atoms with E-state index in [4.69, 9.17) is 20.6 Å². The molecule has 1 saturated carbocycles. The number of nitrogens with one attached hydrogen (secondary N) is 1. The Morgan fingerprint density at radius 1 is 1.07 bits per heavy atom. The lowest BCUT2D eigenvalue weighted by atomic mass is 9.96. The molecule has 0 amide bonds. The summed E-state index contributed by atoms with van der Waals surface area (Å²) in [4.78, 5) is 34.3. The van der Waals surface area contributed by atoms with Gasteiger partial charge in [-0.2, -0.15) is 0 Å². The lowest BCUT2D eigenvalue weighted by molar-refractivity contribution is -0.163. The van der Waals surface area contributed by atoms with Crippen LogP contribution in [0.4, 0.5) is 11.5 Å². The third-order valence-electron chi connectivity index (χ3n) is 8.45. The van der Waals surface area contributed by atoms with E-state index in [1.165, 1.54) is 11.0 Å². The molecule has 1 aromatic carbocycles. The molecule has 2 aromatic heterocycles. The van der Waals surface area contributed by atoms with E-state index in [1.54, 1.807) is 10.8 Å². The number of anilines is 2. The Bertz CT molecular complexity index is 1560. The number of aromatic nitrogens is 3. The van der Waals surface area contributed by atoms with Crippen LogP contribution in [-0.2, 0) is 29.1 Å². The highest BCUT2D eigenvalue weighted by molar-refractivity contribution is 5.73. The highest BCUT2D eigenvalue weighted by Gasteiger charge is 2.36. The maximum Gasteiger partial charge on any atom is 0.332 e. The van der Waals surface area contributed by atoms with Crippen LogP contribution in [0.25, 0.3) is 0 Å². The zero-order chi connectivity index (χ0) is 29.8. The molecular formula is C33H39N5O5. The molecule has 1 aliphatic carbocycles. The van der Waals surface area contributed by atoms with Crippen molar-refractivity contribution in [2.24, 2.45) is 0 Å². The van der Waals surface area contributed by atoms with E-state index in [2.05, 4.69) is 16.2 Å². The molecule has 4 heterocycles. The second kappa shape index (κ2) is 13.1. The molecule has 226 valence electrons. The van der Waals surface area contributed by atoms with E-state index in [-0.39, 0.29) is 30.2 Å². The molecule has 0 spiro atoms. The van der Waals surface area contributed by atoms with Crippen LogP contribution < -0.4 is 26.2 Å². The number of pyridine rings is 1. The van der Waals surface area contributed by atoms with Crippen LogP contribution in [0.3, 0.4) is 0 Å². The van der Waals surface area contributed by atoms with Gasteiger partial charge in [-0.05, 0) is 75.6 Å². The molecular weight excluding hydrogens is 546 g/mol. The van der Waals surface area contributed by atoms with Crippen LogP contribution >= 0.6 is 0 Å². The standard InChI is InChI=1S/C33H39N5O5/c1-3-23-12-14-24(15-13-23)22-38-29-31(35-30(38)25-16-17-27(34-21-25)43-26-9-7-10-26)36(4-2)33(40)37(32(29)39)18-8-20-42-28-11-5-6-19-41-28/h1,12-17,21,26,28,30,35H,4-11,18-20,22H2,2H3. The lowest BCUT2D eigenvalue weighted by Crippen LogP contribution is -2.42. The third-order valence-corrected chi connectivity index (χ3v) is 8.45. The van der Waals surface area contributed by atoms with E-state index < -0.39 is 6.17 Å². The van der Waals surface area contributed by atoms with Crippen molar-refractivity contribution in [3.8, 4) is 18.2 Å². The molecule has 3 aromatic rings. The van der Waals surface area contributed by atoms with Gasteiger partial charge < -0.3 is 24.4 Å². The minimum absolute atomic E-state index is 0.210. The number of fused-ring (bicyclic) bond motifs is 1. The van der Waals surface area contributed by atoms with Gasteiger partial charge in [0, 0.05) is 49.6 Å². The van der Waals surface area contributed by atoms with Gasteiger partial charge in [-0.1, -0.05) is 18.1 Å². The van der Waals surface area contributed by atoms with Crippen LogP contribution in [0, 0.1) is 12.3 Å². The minimum atomic E-state index is -0.417. The van der Waals surface area contributed by atoms with E-state index >= 15 is 0 Å². The summed E-state index contributed by atoms with van der Waals surface area (Å²) in [7, 11) is 0. The van der Waals surface area contributed by atoms with Gasteiger partial charge in [0.15, 0.2) is 6.29 Å². The van der Waals surface area contributed by atoms with Gasteiger partial charge in [0.1, 0.15) is 23.8 Å². The van der Waals surface area contributed by atoms with Crippen molar-refractivity contribution in [3.05, 3.63) is 80.1 Å². The van der Waals surface area contributed by atoms with Crippen molar-refractivity contribution in [2.45, 2.75) is 90.1 Å². The predicted molar refractivity (Wildman–Crippen MR) is 164 cm³/mol. The smallest absolute Gasteiger partial charge is 0.332 e. The summed E-state index contributed by atoms with van der Waals surface area (Å²) in [6.07, 6.45) is 13.8. The fourth-order valence-corrected chi connectivity index (χ4v) is 5.82. The summed E-state index contributed by atoms with van der Waals surface area (Å²) < 4.78 is 20.5. The average molecular weight is 586 g/mol. The summed E-state index contributed by atoms with van der Waals surface area (Å²) in [5.74, 6) is 3.76. The van der Waals surface area contributed by atoms with Gasteiger partial charge in [0.25, 0.3) is 5.56 Å². The van der Waals surface area contributed by atoms with E-state index in [0.717, 1.165) is 48.8 Å². The molecule has 2 aliphatic heterocycles. The fraction of sp³-hybridized carbons (Fsp3) is 0.485. The van der Waals surface area contributed by atoms with E-state index in [9.17, 15) is 9.59 Å². The molecule has 1 N–H and O–H groups in total. The van der Waals surface area contributed by atoms with Crippen LogP contribution in [-0.4, -0.2) is 39.7 Å². The van der Waals surface area contributed by atoms with Crippen LogP contribution in [0.5, 0.6) is 5.88 Å². The lowest BCUT2D eigenvalue weighted by Gasteiger charge is -2.28. The first-order chi connectivity index (χ1) is 21.1. The fourth-order valence-electron chi connectivity index (χ4n) is 5.82. The zero-order valence-corrected chi connectivity index (χ0v) is 24.7. The van der Waals surface area contributed by atoms with Crippen molar-refractivity contribution in [1.29, 1.82) is 0 Å². The van der Waals surface area contributed by atoms with Gasteiger partial charge >= 0.3 is 5.69 Å². The Hall–Kier alpha value is -4.07. The second-order valence-corrected chi connectivity index (χ2v) is 11.3. The monoisotopic (exact) mass is 585 g/mol. The Balaban J connectivity index is 1.30. The number of nitrogens with zero attached hydrogens (tertiary/aromatic N) is 4. The van der Waals surface area contributed by atoms with Gasteiger partial charge in [-0.3, -0.25) is 13.9 Å². The Morgan fingerprint density at radius 3 is 2.56 bits per heavy atom. The average Bonchev–Trinajstić information content (AvgIpc) is 3.38. The summed E-state index contributed by atoms with van der Waals surface area (Å²) in [6, 6.07) is 11.6. The maximum absolute atomic E-state index is 14.1. The molecule has 2 atom stereocenters. The zero-order valence-electron chi connectivity index (χ0n) is 24.7. The number of terminal acetylenes is 1. The maximum atomic E-state index is 14.1. The van der Waals surface area contributed by atoms with Gasteiger partial charge in [-0.25, -0.2) is 9.78 Å². The molecule has 10 nitrogen and oxygen atoms in total. The highest BCUT2D eigenvalue weighted by Crippen LogP contribution is 2.39. The first kappa shape index (κ1) is 29.0. The van der Waals surface area contributed by atoms with Gasteiger partial charge in [-0.15, -0.1) is 6.42 Å². The van der Waals surface area contributed by atoms with Crippen molar-refractivity contribution in [3.63, 3.8) is 0 Å². The molecule has 1 saturated heterocycles. The number of benzene rings is 1. The van der Waals surface area contributed by atoms with Crippen molar-refractivity contribution in [2.75, 3.05) is 23.4 Å². The van der Waals surface area contributed by atoms with Crippen molar-refractivity contribution in [1.82, 2.24) is 14.1 Å². The first-order valence-electron chi connectivity index (χ1n) is 15.4. The molecule has 6 rings (SSSR count). The summed E-state index contributed by atoms with van der Waals surface area (Å²) >= 11 is 0. The Labute approximate surface area is 251 Å². The van der Waals surface area contributed by atoms with Gasteiger partial charge in [0.2, 0.25) is 5.88 Å². The first-order valence-corrected chi connectivity index (χ1v) is 15.4. The molecule has 2 fully saturated rings. The molecule has 0 radical (unpaired) electrons. The molecule has 3 aliphatic rings. The van der Waals surface area contributed by atoms with Crippen LogP contribution in [0.2, 0.25) is 0 Å². The molecule has 0 bridgehead atoms. The SMILES string of the molecule is C#Cc1ccc(CN2c3c(n(CC)c(=O)n(CCCOC4CCCCO4)c3=O)NC2c2ccc(OC3CCC3)nc2)cc1. The number of hydrogen-bond donors (Lipinski definition) is 1. The van der Waals surface area contributed by atoms with Crippen molar-refractivity contribution >= 4 is 11.5 Å². The highest BCUT2D eigenvalue weighted by atomic mass is 16.7. The van der Waals surface area contributed by atoms with E-state index in [1.807, 2.05) is 48.2 Å². The quantitative estimate of drug-likeness (QED) is 0.261. The molecule has 2 unspecified atom stereocenters. The topological polar surface area (TPSA) is 99.9 Å². The molecule has 10 heteroatoms. The number of hydrogen-bond acceptors (Lipinski definition) is 8. The summed E-state index contributed by atoms with van der Waals surface area (Å²) in [5.41, 5.74) is 2.42. The largest absolute Gasteiger partial charge is 0.474 e. The van der Waals surface area contributed by atoms with Gasteiger partial charge in [0.05, 0.1) is 6.61 Å². The normalized spacial score (nSPS) is 19.8. The second-order valence-electron chi connectivity index (χ2n) is 11.3. The summed E-state index contributed by atoms with van der Waals surface area (Å²) in [5, 5.41) is 3.49. The van der Waals surface area contributed by atoms with Crippen LogP contribution in [0.1, 0.15) is 74.7 Å². The predicted octanol–water partition coefficient (Wildman–Crippen LogP) is 4.40. The van der Waals surface area contributed by atoms with E-state index in [0.29, 0.717) is 50.1 Å². The Morgan fingerprint density at radius 2 is 1.91 bits per heavy atom. The number of ether oxygens (including phenoxy) is 3. The molecule has 43 heavy (non-hydrogen) atoms. The minimum Gasteiger partial charge on any atom is -0.474 e. The van der Waals surface area contributed by atoms with Crippen LogP contribution in [0.15, 0.2) is 52.2 Å². The Kier molecular flexibility index (Phi) is 8.82. The third kappa shape index (κ3) is 6.19. The number of rotatable bonds is 11. The van der Waals surface area contributed by atoms with Crippen molar-refractivity contribution < 1.29 is 14.2 Å².